The lowest BCUT2D eigenvalue weighted by Gasteiger charge is -2.20. The van der Waals surface area contributed by atoms with Gasteiger partial charge in [0.25, 0.3) is 5.91 Å². The highest BCUT2D eigenvalue weighted by molar-refractivity contribution is 7.15. The van der Waals surface area contributed by atoms with Gasteiger partial charge in [-0.25, -0.2) is 9.78 Å². The van der Waals surface area contributed by atoms with Gasteiger partial charge in [0.15, 0.2) is 17.5 Å². The van der Waals surface area contributed by atoms with Crippen LogP contribution in [0.5, 0.6) is 0 Å². The zero-order chi connectivity index (χ0) is 21.8. The highest BCUT2D eigenvalue weighted by atomic mass is 32.1. The summed E-state index contributed by atoms with van der Waals surface area (Å²) >= 11 is 1.54. The molecule has 0 saturated heterocycles. The molecule has 2 heterocycles. The molecule has 0 spiro atoms. The zero-order valence-corrected chi connectivity index (χ0v) is 18.0. The smallest absolute Gasteiger partial charge is 0.355 e. The molecule has 2 aromatic heterocycles. The summed E-state index contributed by atoms with van der Waals surface area (Å²) in [7, 11) is 0. The van der Waals surface area contributed by atoms with E-state index in [-0.39, 0.29) is 17.4 Å². The van der Waals surface area contributed by atoms with Crippen molar-refractivity contribution < 1.29 is 19.1 Å². The van der Waals surface area contributed by atoms with Gasteiger partial charge in [0.05, 0.1) is 12.2 Å². The number of rotatable bonds is 7. The van der Waals surface area contributed by atoms with Crippen LogP contribution < -0.4 is 4.90 Å². The number of anilines is 1. The minimum Gasteiger partial charge on any atom is -0.451 e. The Morgan fingerprint density at radius 2 is 1.94 bits per heavy atom. The number of H-pyrrole nitrogens is 1. The minimum atomic E-state index is -0.682. The van der Waals surface area contributed by atoms with Crippen molar-refractivity contribution in [1.29, 1.82) is 0 Å². The third-order valence-electron chi connectivity index (χ3n) is 5.19. The number of aryl methyl sites for hydroxylation is 2. The van der Waals surface area contributed by atoms with E-state index < -0.39 is 12.6 Å². The summed E-state index contributed by atoms with van der Waals surface area (Å²) in [4.78, 5) is 47.0. The van der Waals surface area contributed by atoms with Crippen molar-refractivity contribution in [2.45, 2.75) is 39.2 Å². The zero-order valence-electron chi connectivity index (χ0n) is 17.2. The Morgan fingerprint density at radius 3 is 2.65 bits per heavy atom. The van der Waals surface area contributed by atoms with Crippen LogP contribution >= 0.6 is 11.3 Å². The molecule has 0 atom stereocenters. The SMILES string of the molecule is CC(=O)c1c[nH]c(C(=O)OCC(=O)N(Cc2ccccc2)c2nc3c(s2)CCCC3)c1. The topological polar surface area (TPSA) is 92.4 Å². The van der Waals surface area contributed by atoms with E-state index in [9.17, 15) is 14.4 Å². The predicted octanol–water partition coefficient (Wildman–Crippen LogP) is 3.94. The first-order valence-corrected chi connectivity index (χ1v) is 11.0. The summed E-state index contributed by atoms with van der Waals surface area (Å²) in [6.07, 6.45) is 5.61. The second-order valence-electron chi connectivity index (χ2n) is 7.47. The van der Waals surface area contributed by atoms with E-state index in [0.717, 1.165) is 36.9 Å². The van der Waals surface area contributed by atoms with Crippen molar-refractivity contribution in [2.75, 3.05) is 11.5 Å². The number of ether oxygens (including phenoxy) is 1. The third-order valence-corrected chi connectivity index (χ3v) is 6.37. The van der Waals surface area contributed by atoms with Gasteiger partial charge in [0, 0.05) is 16.6 Å². The Bertz CT molecular complexity index is 1080. The van der Waals surface area contributed by atoms with E-state index in [2.05, 4.69) is 4.98 Å². The average molecular weight is 438 g/mol. The fraction of sp³-hybridized carbons (Fsp3) is 0.304. The maximum absolute atomic E-state index is 13.1. The van der Waals surface area contributed by atoms with Gasteiger partial charge in [-0.05, 0) is 44.2 Å². The van der Waals surface area contributed by atoms with E-state index in [1.807, 2.05) is 30.3 Å². The number of aromatic nitrogens is 2. The number of esters is 1. The van der Waals surface area contributed by atoms with Crippen molar-refractivity contribution in [2.24, 2.45) is 0 Å². The number of ketones is 1. The van der Waals surface area contributed by atoms with E-state index in [4.69, 9.17) is 9.72 Å². The molecular weight excluding hydrogens is 414 g/mol. The van der Waals surface area contributed by atoms with Crippen LogP contribution in [-0.4, -0.2) is 34.2 Å². The van der Waals surface area contributed by atoms with Crippen molar-refractivity contribution in [3.05, 3.63) is 70.0 Å². The Labute approximate surface area is 184 Å². The predicted molar refractivity (Wildman–Crippen MR) is 117 cm³/mol. The minimum absolute atomic E-state index is 0.136. The maximum atomic E-state index is 13.1. The Kier molecular flexibility index (Phi) is 6.27. The molecule has 1 aliphatic carbocycles. The number of carbonyl (C=O) groups excluding carboxylic acids is 3. The Balaban J connectivity index is 1.50. The molecule has 0 bridgehead atoms. The van der Waals surface area contributed by atoms with Gasteiger partial charge in [0.1, 0.15) is 5.69 Å². The Hall–Kier alpha value is -3.26. The van der Waals surface area contributed by atoms with Crippen LogP contribution in [0.4, 0.5) is 5.13 Å². The second kappa shape index (κ2) is 9.26. The number of nitrogens with zero attached hydrogens (tertiary/aromatic N) is 2. The number of hydrogen-bond donors (Lipinski definition) is 1. The van der Waals surface area contributed by atoms with Gasteiger partial charge in [0.2, 0.25) is 0 Å². The average Bonchev–Trinajstić information content (AvgIpc) is 3.43. The van der Waals surface area contributed by atoms with Crippen molar-refractivity contribution >= 4 is 34.1 Å². The van der Waals surface area contributed by atoms with Gasteiger partial charge in [-0.2, -0.15) is 0 Å². The van der Waals surface area contributed by atoms with Crippen molar-refractivity contribution in [1.82, 2.24) is 9.97 Å². The number of benzene rings is 1. The summed E-state index contributed by atoms with van der Waals surface area (Å²) in [5.74, 6) is -1.19. The molecule has 0 saturated carbocycles. The number of aromatic amines is 1. The molecule has 7 nitrogen and oxygen atoms in total. The van der Waals surface area contributed by atoms with Crippen molar-refractivity contribution in [3.63, 3.8) is 0 Å². The van der Waals surface area contributed by atoms with Crippen LogP contribution in [0.25, 0.3) is 0 Å². The highest BCUT2D eigenvalue weighted by Crippen LogP contribution is 2.32. The van der Waals surface area contributed by atoms with Crippen LogP contribution in [0, 0.1) is 0 Å². The molecule has 1 aliphatic rings. The fourth-order valence-corrected chi connectivity index (χ4v) is 4.65. The van der Waals surface area contributed by atoms with Gasteiger partial charge in [-0.1, -0.05) is 30.3 Å². The molecule has 4 rings (SSSR count). The number of nitrogens with one attached hydrogen (secondary N) is 1. The number of Topliss-reactive ketones (excluding diaryl/α,β-unsaturated/α-hetero) is 1. The summed E-state index contributed by atoms with van der Waals surface area (Å²) in [6, 6.07) is 11.1. The molecule has 1 aromatic carbocycles. The van der Waals surface area contributed by atoms with Crippen LogP contribution in [0.15, 0.2) is 42.6 Å². The number of carbonyl (C=O) groups is 3. The van der Waals surface area contributed by atoms with E-state index >= 15 is 0 Å². The second-order valence-corrected chi connectivity index (χ2v) is 8.54. The summed E-state index contributed by atoms with van der Waals surface area (Å²) in [6.45, 7) is 1.35. The molecule has 0 radical (unpaired) electrons. The van der Waals surface area contributed by atoms with Crippen LogP contribution in [0.1, 0.15) is 56.7 Å². The number of fused-ring (bicyclic) bond motifs is 1. The molecule has 0 unspecified atom stereocenters. The molecule has 1 amide bonds. The number of thiazole rings is 1. The van der Waals surface area contributed by atoms with Gasteiger partial charge < -0.3 is 9.72 Å². The molecule has 0 fully saturated rings. The normalized spacial score (nSPS) is 12.8. The quantitative estimate of drug-likeness (QED) is 0.446. The van der Waals surface area contributed by atoms with Gasteiger partial charge in [-0.15, -0.1) is 11.3 Å². The number of hydrogen-bond acceptors (Lipinski definition) is 6. The van der Waals surface area contributed by atoms with Gasteiger partial charge >= 0.3 is 5.97 Å². The molecular formula is C23H23N3O4S. The van der Waals surface area contributed by atoms with E-state index in [1.165, 1.54) is 35.4 Å². The van der Waals surface area contributed by atoms with E-state index in [1.54, 1.807) is 4.90 Å². The third kappa shape index (κ3) is 4.91. The molecule has 160 valence electrons. The van der Waals surface area contributed by atoms with Crippen LogP contribution in [-0.2, 0) is 28.9 Å². The molecule has 31 heavy (non-hydrogen) atoms. The lowest BCUT2D eigenvalue weighted by molar-refractivity contribution is -0.121. The molecule has 8 heteroatoms. The van der Waals surface area contributed by atoms with Crippen LogP contribution in [0.2, 0.25) is 0 Å². The summed E-state index contributed by atoms with van der Waals surface area (Å²) in [5.41, 5.74) is 2.55. The summed E-state index contributed by atoms with van der Waals surface area (Å²) < 4.78 is 5.23. The maximum Gasteiger partial charge on any atom is 0.355 e. The summed E-state index contributed by atoms with van der Waals surface area (Å²) in [5, 5.41) is 0.635. The lowest BCUT2D eigenvalue weighted by atomic mass is 10.0. The first-order chi connectivity index (χ1) is 15.0. The van der Waals surface area contributed by atoms with E-state index in [0.29, 0.717) is 17.2 Å². The first-order valence-electron chi connectivity index (χ1n) is 10.2. The highest BCUT2D eigenvalue weighted by Gasteiger charge is 2.25. The van der Waals surface area contributed by atoms with Gasteiger partial charge in [-0.3, -0.25) is 14.5 Å². The molecule has 0 aliphatic heterocycles. The monoisotopic (exact) mass is 437 g/mol. The van der Waals surface area contributed by atoms with Crippen LogP contribution in [0.3, 0.4) is 0 Å². The lowest BCUT2D eigenvalue weighted by Crippen LogP contribution is -2.34. The Morgan fingerprint density at radius 1 is 1.16 bits per heavy atom. The fourth-order valence-electron chi connectivity index (χ4n) is 3.48. The standard InChI is InChI=1S/C23H23N3O4S/c1-15(27)17-11-19(24-12-17)22(29)30-14-21(28)26(13-16-7-3-2-4-8-16)23-25-18-9-5-6-10-20(18)31-23/h2-4,7-8,11-12,24H,5-6,9-10,13-14H2,1H3. The first kappa shape index (κ1) is 21.0. The van der Waals surface area contributed by atoms with Crippen molar-refractivity contribution in [3.8, 4) is 0 Å². The number of amides is 1. The molecule has 3 aromatic rings. The molecule has 1 N–H and O–H groups in total. The largest absolute Gasteiger partial charge is 0.451 e.